The van der Waals surface area contributed by atoms with Gasteiger partial charge in [-0.3, -0.25) is 9.59 Å². The minimum absolute atomic E-state index is 0.0644. The maximum absolute atomic E-state index is 12.3. The fourth-order valence-electron chi connectivity index (χ4n) is 8.93. The molecule has 0 aromatic rings. The molecule has 0 aromatic heterocycles. The first kappa shape index (κ1) is 67.3. The zero-order chi connectivity index (χ0) is 50.6. The van der Waals surface area contributed by atoms with Gasteiger partial charge in [0, 0.05) is 12.8 Å². The lowest BCUT2D eigenvalue weighted by Gasteiger charge is -2.15. The van der Waals surface area contributed by atoms with Crippen LogP contribution >= 0.6 is 0 Å². The summed E-state index contributed by atoms with van der Waals surface area (Å²) in [5.74, 6) is -0.579. The molecule has 5 nitrogen and oxygen atoms in total. The van der Waals surface area contributed by atoms with Crippen LogP contribution in [0.15, 0.2) is 72.9 Å². The molecule has 0 radical (unpaired) electrons. The Morgan fingerprint density at radius 1 is 0.343 bits per heavy atom. The molecule has 0 aliphatic heterocycles. The number of hydrogen-bond acceptors (Lipinski definition) is 5. The standard InChI is InChI=1S/C65H116O5/c1-3-5-7-9-11-13-15-17-19-21-23-25-27-28-29-30-31-32-33-34-35-36-38-40-42-44-46-48-50-52-54-56-58-60-65(68)70-63(61-66)62-69-64(67)59-57-55-53-51-49-47-45-43-41-39-37-26-24-22-20-18-16-14-12-10-8-6-4-2/h5,7,11,13,17,19,22-25,28-29,63,66H,3-4,6,8-10,12,14-16,18,20-21,26-27,30-62H2,1-2H3/b7-5-,13-11-,19-17-,24-22-,25-23-,29-28-. The van der Waals surface area contributed by atoms with Crippen molar-refractivity contribution in [3.05, 3.63) is 72.9 Å². The molecule has 0 bridgehead atoms. The van der Waals surface area contributed by atoms with Crippen LogP contribution in [0.3, 0.4) is 0 Å². The summed E-state index contributed by atoms with van der Waals surface area (Å²) in [6, 6.07) is 0. The van der Waals surface area contributed by atoms with Crippen molar-refractivity contribution in [2.75, 3.05) is 13.2 Å². The van der Waals surface area contributed by atoms with Crippen molar-refractivity contribution in [3.8, 4) is 0 Å². The van der Waals surface area contributed by atoms with Crippen molar-refractivity contribution in [3.63, 3.8) is 0 Å². The lowest BCUT2D eigenvalue weighted by molar-refractivity contribution is -0.161. The minimum Gasteiger partial charge on any atom is -0.462 e. The van der Waals surface area contributed by atoms with E-state index in [2.05, 4.69) is 86.8 Å². The molecule has 1 unspecified atom stereocenters. The zero-order valence-electron chi connectivity index (χ0n) is 46.5. The van der Waals surface area contributed by atoms with Gasteiger partial charge in [-0.2, -0.15) is 0 Å². The second-order valence-corrected chi connectivity index (χ2v) is 20.4. The molecule has 0 heterocycles. The third-order valence-corrected chi connectivity index (χ3v) is 13.5. The summed E-state index contributed by atoms with van der Waals surface area (Å²) in [4.78, 5) is 24.6. The van der Waals surface area contributed by atoms with Gasteiger partial charge in [0.2, 0.25) is 0 Å². The lowest BCUT2D eigenvalue weighted by Crippen LogP contribution is -2.28. The number of hydrogen-bond donors (Lipinski definition) is 1. The van der Waals surface area contributed by atoms with Crippen molar-refractivity contribution < 1.29 is 24.2 Å². The quantitative estimate of drug-likeness (QED) is 0.0373. The second kappa shape index (κ2) is 60.6. The van der Waals surface area contributed by atoms with Gasteiger partial charge in [-0.25, -0.2) is 0 Å². The number of unbranched alkanes of at least 4 members (excludes halogenated alkanes) is 36. The molecule has 1 N–H and O–H groups in total. The third kappa shape index (κ3) is 57.9. The summed E-state index contributed by atoms with van der Waals surface area (Å²) >= 11 is 0. The first-order valence-corrected chi connectivity index (χ1v) is 30.5. The molecule has 0 fully saturated rings. The first-order chi connectivity index (χ1) is 34.6. The van der Waals surface area contributed by atoms with E-state index in [4.69, 9.17) is 9.47 Å². The molecular weight excluding hydrogens is 861 g/mol. The molecule has 0 aromatic carbocycles. The summed E-state index contributed by atoms with van der Waals surface area (Å²) in [6.45, 7) is 4.06. The fourth-order valence-corrected chi connectivity index (χ4v) is 8.93. The Kier molecular flexibility index (Phi) is 58.3. The van der Waals surface area contributed by atoms with E-state index in [-0.39, 0.29) is 25.2 Å². The molecule has 406 valence electrons. The van der Waals surface area contributed by atoms with Gasteiger partial charge >= 0.3 is 11.9 Å². The topological polar surface area (TPSA) is 72.8 Å². The van der Waals surface area contributed by atoms with Crippen LogP contribution in [0.4, 0.5) is 0 Å². The highest BCUT2D eigenvalue weighted by Gasteiger charge is 2.16. The normalized spacial score (nSPS) is 12.7. The summed E-state index contributed by atoms with van der Waals surface area (Å²) < 4.78 is 10.7. The number of carbonyl (C=O) groups is 2. The zero-order valence-corrected chi connectivity index (χ0v) is 46.5. The van der Waals surface area contributed by atoms with Crippen molar-refractivity contribution in [2.45, 2.75) is 315 Å². The molecule has 0 saturated carbocycles. The summed E-state index contributed by atoms with van der Waals surface area (Å²) in [6.07, 6.45) is 83.2. The predicted octanol–water partition coefficient (Wildman–Crippen LogP) is 20.8. The van der Waals surface area contributed by atoms with Crippen LogP contribution in [0.1, 0.15) is 309 Å². The number of esters is 2. The van der Waals surface area contributed by atoms with Gasteiger partial charge in [0.1, 0.15) is 6.61 Å². The summed E-state index contributed by atoms with van der Waals surface area (Å²) in [5.41, 5.74) is 0. The number of ether oxygens (including phenoxy) is 2. The second-order valence-electron chi connectivity index (χ2n) is 20.4. The van der Waals surface area contributed by atoms with E-state index >= 15 is 0 Å². The number of carbonyl (C=O) groups excluding carboxylic acids is 2. The minimum atomic E-state index is -0.774. The molecule has 70 heavy (non-hydrogen) atoms. The van der Waals surface area contributed by atoms with Crippen molar-refractivity contribution in [2.24, 2.45) is 0 Å². The molecule has 0 aliphatic carbocycles. The Morgan fingerprint density at radius 3 is 0.943 bits per heavy atom. The van der Waals surface area contributed by atoms with Gasteiger partial charge in [-0.15, -0.1) is 0 Å². The van der Waals surface area contributed by atoms with E-state index in [1.165, 1.54) is 212 Å². The molecule has 0 spiro atoms. The Labute approximate surface area is 435 Å². The maximum atomic E-state index is 12.3. The SMILES string of the molecule is CC/C=C\C/C=C\C/C=C\C/C=C\C/C=C\CCCCCCCCCCCCCCCCCCCC(=O)OC(CO)COC(=O)CCCCCCCCCCCCC/C=C\CCCCCCCCCC. The van der Waals surface area contributed by atoms with E-state index in [0.29, 0.717) is 12.8 Å². The van der Waals surface area contributed by atoms with Crippen LogP contribution in [-0.2, 0) is 19.1 Å². The Morgan fingerprint density at radius 2 is 0.614 bits per heavy atom. The van der Waals surface area contributed by atoms with Gasteiger partial charge < -0.3 is 14.6 Å². The highest BCUT2D eigenvalue weighted by molar-refractivity contribution is 5.70. The van der Waals surface area contributed by atoms with Crippen molar-refractivity contribution >= 4 is 11.9 Å². The number of rotatable bonds is 56. The van der Waals surface area contributed by atoms with Crippen LogP contribution < -0.4 is 0 Å². The van der Waals surface area contributed by atoms with E-state index in [1.54, 1.807) is 0 Å². The Balaban J connectivity index is 3.45. The van der Waals surface area contributed by atoms with E-state index in [0.717, 1.165) is 70.6 Å². The maximum Gasteiger partial charge on any atom is 0.306 e. The molecule has 0 saturated heterocycles. The predicted molar refractivity (Wildman–Crippen MR) is 306 cm³/mol. The highest BCUT2D eigenvalue weighted by atomic mass is 16.6. The van der Waals surface area contributed by atoms with Gasteiger partial charge in [0.25, 0.3) is 0 Å². The number of allylic oxidation sites excluding steroid dienone is 12. The number of aliphatic hydroxyl groups excluding tert-OH is 1. The van der Waals surface area contributed by atoms with Gasteiger partial charge in [0.15, 0.2) is 6.10 Å². The van der Waals surface area contributed by atoms with E-state index in [1.807, 2.05) is 0 Å². The average molecular weight is 978 g/mol. The molecule has 0 amide bonds. The number of aliphatic hydroxyl groups is 1. The van der Waals surface area contributed by atoms with Crippen LogP contribution in [0.25, 0.3) is 0 Å². The summed E-state index contributed by atoms with van der Waals surface area (Å²) in [5, 5.41) is 9.67. The molecule has 1 atom stereocenters. The Bertz CT molecular complexity index is 1240. The smallest absolute Gasteiger partial charge is 0.306 e. The van der Waals surface area contributed by atoms with Crippen LogP contribution in [-0.4, -0.2) is 36.4 Å². The highest BCUT2D eigenvalue weighted by Crippen LogP contribution is 2.17. The Hall–Kier alpha value is -2.66. The molecule has 0 rings (SSSR count). The van der Waals surface area contributed by atoms with E-state index < -0.39 is 6.10 Å². The lowest BCUT2D eigenvalue weighted by atomic mass is 10.0. The van der Waals surface area contributed by atoms with Gasteiger partial charge in [-0.05, 0) is 83.5 Å². The largest absolute Gasteiger partial charge is 0.462 e. The van der Waals surface area contributed by atoms with Crippen LogP contribution in [0.2, 0.25) is 0 Å². The first-order valence-electron chi connectivity index (χ1n) is 30.5. The van der Waals surface area contributed by atoms with Gasteiger partial charge in [0.05, 0.1) is 6.61 Å². The third-order valence-electron chi connectivity index (χ3n) is 13.5. The van der Waals surface area contributed by atoms with E-state index in [9.17, 15) is 14.7 Å². The van der Waals surface area contributed by atoms with Crippen LogP contribution in [0, 0.1) is 0 Å². The fraction of sp³-hybridized carbons (Fsp3) is 0.785. The molecule has 0 aliphatic rings. The van der Waals surface area contributed by atoms with Crippen molar-refractivity contribution in [1.82, 2.24) is 0 Å². The van der Waals surface area contributed by atoms with Crippen LogP contribution in [0.5, 0.6) is 0 Å². The molecular formula is C65H116O5. The molecule has 5 heteroatoms. The monoisotopic (exact) mass is 977 g/mol. The average Bonchev–Trinajstić information content (AvgIpc) is 3.36. The van der Waals surface area contributed by atoms with Gasteiger partial charge in [-0.1, -0.05) is 286 Å². The van der Waals surface area contributed by atoms with Crippen molar-refractivity contribution in [1.29, 1.82) is 0 Å². The summed E-state index contributed by atoms with van der Waals surface area (Å²) in [7, 11) is 0.